The minimum Gasteiger partial charge on any atom is -0.307 e. The number of carbonyl (C=O) groups is 1. The molecule has 1 aromatic carbocycles. The number of anilines is 1. The molecule has 1 aliphatic heterocycles. The van der Waals surface area contributed by atoms with Crippen molar-refractivity contribution in [3.05, 3.63) is 28.3 Å². The molecule has 0 atom stereocenters. The summed E-state index contributed by atoms with van der Waals surface area (Å²) in [5.74, 6) is -0.291. The van der Waals surface area contributed by atoms with E-state index in [1.807, 2.05) is 6.07 Å². The highest BCUT2D eigenvalue weighted by atomic mass is 32.2. The van der Waals surface area contributed by atoms with Gasteiger partial charge in [-0.3, -0.25) is 0 Å². The highest BCUT2D eigenvalue weighted by Crippen LogP contribution is 2.38. The lowest BCUT2D eigenvalue weighted by Gasteiger charge is -2.33. The number of fused-ring (bicyclic) bond motifs is 2. The fourth-order valence-corrected chi connectivity index (χ4v) is 5.17. The van der Waals surface area contributed by atoms with Crippen LogP contribution < -0.4 is 10.0 Å². The molecule has 0 aromatic heterocycles. The summed E-state index contributed by atoms with van der Waals surface area (Å²) in [6.07, 6.45) is 6.00. The predicted octanol–water partition coefficient (Wildman–Crippen LogP) is 1.49. The van der Waals surface area contributed by atoms with E-state index in [9.17, 15) is 13.2 Å². The Labute approximate surface area is 147 Å². The van der Waals surface area contributed by atoms with Crippen molar-refractivity contribution in [1.82, 2.24) is 9.03 Å². The zero-order chi connectivity index (χ0) is 17.6. The molecule has 1 fully saturated rings. The lowest BCUT2D eigenvalue weighted by atomic mass is 9.99. The largest absolute Gasteiger partial charge is 0.333 e. The number of benzene rings is 1. The van der Waals surface area contributed by atoms with Crippen molar-refractivity contribution in [2.24, 2.45) is 5.92 Å². The summed E-state index contributed by atoms with van der Waals surface area (Å²) in [5, 5.41) is 11.6. The number of rotatable bonds is 3. The van der Waals surface area contributed by atoms with E-state index < -0.39 is 16.2 Å². The van der Waals surface area contributed by atoms with Crippen molar-refractivity contribution >= 4 is 21.9 Å². The average molecular weight is 360 g/mol. The van der Waals surface area contributed by atoms with Crippen molar-refractivity contribution < 1.29 is 13.2 Å². The van der Waals surface area contributed by atoms with E-state index in [0.29, 0.717) is 0 Å². The maximum atomic E-state index is 12.3. The van der Waals surface area contributed by atoms with E-state index in [1.54, 1.807) is 0 Å². The molecule has 8 heteroatoms. The molecular weight excluding hydrogens is 340 g/mol. The summed E-state index contributed by atoms with van der Waals surface area (Å²) in [4.78, 5) is 12.3. The van der Waals surface area contributed by atoms with Crippen LogP contribution in [0.1, 0.15) is 35.1 Å². The fourth-order valence-electron chi connectivity index (χ4n) is 4.00. The molecule has 0 saturated carbocycles. The van der Waals surface area contributed by atoms with Gasteiger partial charge >= 0.3 is 16.2 Å². The van der Waals surface area contributed by atoms with Crippen LogP contribution in [0, 0.1) is 17.2 Å². The molecule has 0 spiro atoms. The zero-order valence-corrected chi connectivity index (χ0v) is 14.7. The predicted molar refractivity (Wildman–Crippen MR) is 92.2 cm³/mol. The molecule has 0 bridgehead atoms. The molecule has 1 aromatic rings. The smallest absolute Gasteiger partial charge is 0.307 e. The molecule has 2 N–H and O–H groups in total. The first-order valence-corrected chi connectivity index (χ1v) is 10.1. The first-order chi connectivity index (χ1) is 12.0. The normalized spacial score (nSPS) is 19.6. The molecule has 0 unspecified atom stereocenters. The molecule has 2 aliphatic carbocycles. The molecule has 3 aliphatic rings. The van der Waals surface area contributed by atoms with E-state index in [0.717, 1.165) is 59.6 Å². The molecule has 2 amide bonds. The molecule has 4 rings (SSSR count). The Kier molecular flexibility index (Phi) is 3.93. The summed E-state index contributed by atoms with van der Waals surface area (Å²) in [5.41, 5.74) is 5.67. The average Bonchev–Trinajstić information content (AvgIpc) is 3.13. The molecule has 1 saturated heterocycles. The first kappa shape index (κ1) is 16.4. The van der Waals surface area contributed by atoms with Crippen LogP contribution in [-0.2, 0) is 35.9 Å². The molecule has 7 nitrogen and oxygen atoms in total. The van der Waals surface area contributed by atoms with Gasteiger partial charge in [-0.1, -0.05) is 6.07 Å². The Morgan fingerprint density at radius 3 is 2.28 bits per heavy atom. The van der Waals surface area contributed by atoms with Gasteiger partial charge in [0.25, 0.3) is 0 Å². The number of hydrogen-bond acceptors (Lipinski definition) is 4. The topological polar surface area (TPSA) is 102 Å². The molecule has 25 heavy (non-hydrogen) atoms. The van der Waals surface area contributed by atoms with Crippen molar-refractivity contribution in [3.63, 3.8) is 0 Å². The van der Waals surface area contributed by atoms with Gasteiger partial charge in [0.2, 0.25) is 0 Å². The SMILES string of the molecule is N#CC1CN(S(=O)(=O)NC(=O)Nc2c3c(cc4c2CCC4)CCC3)C1. The van der Waals surface area contributed by atoms with Gasteiger partial charge in [0.1, 0.15) is 0 Å². The van der Waals surface area contributed by atoms with Gasteiger partial charge in [0, 0.05) is 18.8 Å². The Hall–Kier alpha value is -2.11. The monoisotopic (exact) mass is 360 g/mol. The Bertz CT molecular complexity index is 850. The Morgan fingerprint density at radius 1 is 1.12 bits per heavy atom. The standard InChI is InChI=1S/C17H20N4O3S/c18-8-11-9-21(10-11)25(23,24)20-17(22)19-16-14-5-1-3-12(14)7-13-4-2-6-15(13)16/h7,11H,1-6,9-10H2,(H2,19,20,22). The minimum atomic E-state index is -3.89. The van der Waals surface area contributed by atoms with Gasteiger partial charge in [-0.2, -0.15) is 18.0 Å². The minimum absolute atomic E-state index is 0.134. The first-order valence-electron chi connectivity index (χ1n) is 8.63. The van der Waals surface area contributed by atoms with Gasteiger partial charge in [0.15, 0.2) is 0 Å². The molecule has 1 heterocycles. The summed E-state index contributed by atoms with van der Waals surface area (Å²) >= 11 is 0. The number of aryl methyl sites for hydroxylation is 2. The van der Waals surface area contributed by atoms with Crippen molar-refractivity contribution in [2.45, 2.75) is 38.5 Å². The van der Waals surface area contributed by atoms with E-state index in [2.05, 4.69) is 16.1 Å². The summed E-state index contributed by atoms with van der Waals surface area (Å²) in [7, 11) is -3.89. The van der Waals surface area contributed by atoms with E-state index >= 15 is 0 Å². The zero-order valence-electron chi connectivity index (χ0n) is 13.8. The second kappa shape index (κ2) is 6.00. The van der Waals surface area contributed by atoms with Crippen LogP contribution in [0.15, 0.2) is 6.07 Å². The van der Waals surface area contributed by atoms with Crippen LogP contribution in [0.2, 0.25) is 0 Å². The van der Waals surface area contributed by atoms with Gasteiger partial charge < -0.3 is 5.32 Å². The Balaban J connectivity index is 1.52. The number of nitrogens with zero attached hydrogens (tertiary/aromatic N) is 2. The van der Waals surface area contributed by atoms with Crippen LogP contribution >= 0.6 is 0 Å². The van der Waals surface area contributed by atoms with E-state index in [4.69, 9.17) is 5.26 Å². The number of nitrogens with one attached hydrogen (secondary N) is 2. The van der Waals surface area contributed by atoms with Crippen molar-refractivity contribution in [1.29, 1.82) is 5.26 Å². The lowest BCUT2D eigenvalue weighted by Crippen LogP contribution is -2.55. The maximum Gasteiger partial charge on any atom is 0.333 e. The van der Waals surface area contributed by atoms with Gasteiger partial charge in [-0.05, 0) is 60.8 Å². The lowest BCUT2D eigenvalue weighted by molar-refractivity contribution is 0.239. The molecule has 132 valence electrons. The van der Waals surface area contributed by atoms with E-state index in [1.165, 1.54) is 11.1 Å². The quantitative estimate of drug-likeness (QED) is 0.852. The number of carbonyl (C=O) groups excluding carboxylic acids is 1. The van der Waals surface area contributed by atoms with Crippen LogP contribution in [0.5, 0.6) is 0 Å². The number of nitriles is 1. The summed E-state index contributed by atoms with van der Waals surface area (Å²) < 4.78 is 27.6. The number of urea groups is 1. The number of hydrogen-bond donors (Lipinski definition) is 2. The summed E-state index contributed by atoms with van der Waals surface area (Å²) in [6, 6.07) is 3.55. The summed E-state index contributed by atoms with van der Waals surface area (Å²) in [6.45, 7) is 0.268. The fraction of sp³-hybridized carbons (Fsp3) is 0.529. The third-order valence-electron chi connectivity index (χ3n) is 5.30. The third-order valence-corrected chi connectivity index (χ3v) is 6.73. The maximum absolute atomic E-state index is 12.3. The van der Waals surface area contributed by atoms with Crippen LogP contribution in [0.4, 0.5) is 10.5 Å². The second-order valence-electron chi connectivity index (χ2n) is 6.94. The van der Waals surface area contributed by atoms with Crippen LogP contribution in [0.25, 0.3) is 0 Å². The van der Waals surface area contributed by atoms with Crippen LogP contribution in [-0.4, -0.2) is 31.8 Å². The Morgan fingerprint density at radius 2 is 1.72 bits per heavy atom. The van der Waals surface area contributed by atoms with Crippen molar-refractivity contribution in [3.8, 4) is 6.07 Å². The molecule has 0 radical (unpaired) electrons. The van der Waals surface area contributed by atoms with Gasteiger partial charge in [-0.15, -0.1) is 0 Å². The third kappa shape index (κ3) is 2.87. The van der Waals surface area contributed by atoms with Crippen LogP contribution in [0.3, 0.4) is 0 Å². The number of amides is 2. The van der Waals surface area contributed by atoms with Crippen molar-refractivity contribution in [2.75, 3.05) is 18.4 Å². The van der Waals surface area contributed by atoms with E-state index in [-0.39, 0.29) is 19.0 Å². The molecular formula is C17H20N4O3S. The highest BCUT2D eigenvalue weighted by molar-refractivity contribution is 7.87. The van der Waals surface area contributed by atoms with Gasteiger partial charge in [-0.25, -0.2) is 9.52 Å². The van der Waals surface area contributed by atoms with Gasteiger partial charge in [0.05, 0.1) is 12.0 Å². The second-order valence-corrected chi connectivity index (χ2v) is 8.61. The highest BCUT2D eigenvalue weighted by Gasteiger charge is 2.37.